The highest BCUT2D eigenvalue weighted by atomic mass is 35.5. The normalized spacial score (nSPS) is 15.2. The van der Waals surface area contributed by atoms with E-state index in [9.17, 15) is 9.18 Å². The molecule has 4 heterocycles. The molecule has 0 unspecified atom stereocenters. The SMILES string of the molecule is Cc1cn2[nH]c(-c3cc(F)c4nc(C5CCNCC5)sc4c3)cc(=O)c2n1.Cl. The first-order valence-corrected chi connectivity index (χ1v) is 9.80. The molecule has 0 bridgehead atoms. The summed E-state index contributed by atoms with van der Waals surface area (Å²) in [5.41, 5.74) is 2.49. The number of hydrogen-bond acceptors (Lipinski definition) is 5. The fraction of sp³-hybridized carbons (Fsp3) is 0.316. The standard InChI is InChI=1S/C19H18FN5OS.ClH/c1-10-9-25-18(22-10)15(26)8-14(24-25)12-6-13(20)17-16(7-12)27-19(23-17)11-2-4-21-5-3-11;/h6-9,11,21,24H,2-5H2,1H3;1H. The fourth-order valence-corrected chi connectivity index (χ4v) is 4.86. The second kappa shape index (κ2) is 7.27. The Morgan fingerprint density at radius 3 is 2.79 bits per heavy atom. The molecule has 0 amide bonds. The zero-order valence-electron chi connectivity index (χ0n) is 15.2. The quantitative estimate of drug-likeness (QED) is 0.520. The molecule has 0 atom stereocenters. The molecule has 0 saturated carbocycles. The average Bonchev–Trinajstić information content (AvgIpc) is 3.26. The third-order valence-electron chi connectivity index (χ3n) is 5.03. The summed E-state index contributed by atoms with van der Waals surface area (Å²) in [4.78, 5) is 21.1. The van der Waals surface area contributed by atoms with Crippen LogP contribution in [0, 0.1) is 12.7 Å². The van der Waals surface area contributed by atoms with Crippen LogP contribution in [0.15, 0.2) is 29.2 Å². The van der Waals surface area contributed by atoms with Gasteiger partial charge in [0.15, 0.2) is 11.5 Å². The summed E-state index contributed by atoms with van der Waals surface area (Å²) in [5, 5.41) is 7.47. The van der Waals surface area contributed by atoms with Crippen LogP contribution >= 0.6 is 23.7 Å². The maximum absolute atomic E-state index is 14.8. The second-order valence-electron chi connectivity index (χ2n) is 6.99. The van der Waals surface area contributed by atoms with Crippen molar-refractivity contribution in [3.8, 4) is 11.3 Å². The van der Waals surface area contributed by atoms with Crippen molar-refractivity contribution < 1.29 is 4.39 Å². The zero-order valence-corrected chi connectivity index (χ0v) is 16.8. The number of aryl methyl sites for hydroxylation is 1. The summed E-state index contributed by atoms with van der Waals surface area (Å²) in [7, 11) is 0. The number of aromatic amines is 1. The first-order chi connectivity index (χ1) is 13.1. The lowest BCUT2D eigenvalue weighted by atomic mass is 9.99. The number of fused-ring (bicyclic) bond motifs is 2. The molecule has 1 fully saturated rings. The van der Waals surface area contributed by atoms with Gasteiger partial charge in [-0.15, -0.1) is 23.7 Å². The monoisotopic (exact) mass is 419 g/mol. The molecule has 0 spiro atoms. The molecule has 9 heteroatoms. The van der Waals surface area contributed by atoms with Gasteiger partial charge in [-0.2, -0.15) is 0 Å². The van der Waals surface area contributed by atoms with Gasteiger partial charge in [-0.3, -0.25) is 9.89 Å². The lowest BCUT2D eigenvalue weighted by Crippen LogP contribution is -2.26. The number of aromatic nitrogens is 4. The molecule has 6 nitrogen and oxygen atoms in total. The van der Waals surface area contributed by atoms with E-state index in [2.05, 4.69) is 20.4 Å². The lowest BCUT2D eigenvalue weighted by Gasteiger charge is -2.20. The number of H-pyrrole nitrogens is 1. The molecule has 0 aliphatic carbocycles. The Labute approximate surface area is 170 Å². The maximum Gasteiger partial charge on any atom is 0.225 e. The van der Waals surface area contributed by atoms with E-state index in [-0.39, 0.29) is 23.7 Å². The van der Waals surface area contributed by atoms with E-state index < -0.39 is 0 Å². The third kappa shape index (κ3) is 3.21. The van der Waals surface area contributed by atoms with Crippen molar-refractivity contribution in [1.29, 1.82) is 0 Å². The van der Waals surface area contributed by atoms with Crippen LogP contribution in [0.3, 0.4) is 0 Å². The summed E-state index contributed by atoms with van der Waals surface area (Å²) in [5.74, 6) is 0.0262. The summed E-state index contributed by atoms with van der Waals surface area (Å²) >= 11 is 1.55. The Morgan fingerprint density at radius 2 is 2.00 bits per heavy atom. The Hall–Kier alpha value is -2.29. The average molecular weight is 420 g/mol. The molecule has 1 aliphatic rings. The van der Waals surface area contributed by atoms with Crippen molar-refractivity contribution in [2.24, 2.45) is 0 Å². The largest absolute Gasteiger partial charge is 0.317 e. The Balaban J connectivity index is 0.00000192. The number of nitrogens with one attached hydrogen (secondary N) is 2. The van der Waals surface area contributed by atoms with Gasteiger partial charge in [0.25, 0.3) is 0 Å². The van der Waals surface area contributed by atoms with Crippen LogP contribution in [0.25, 0.3) is 27.1 Å². The van der Waals surface area contributed by atoms with E-state index in [0.717, 1.165) is 41.3 Å². The molecule has 2 N–H and O–H groups in total. The van der Waals surface area contributed by atoms with Gasteiger partial charge in [0.05, 0.1) is 27.3 Å². The number of hydrogen-bond donors (Lipinski definition) is 2. The maximum atomic E-state index is 14.8. The van der Waals surface area contributed by atoms with E-state index in [1.807, 2.05) is 13.0 Å². The number of nitrogens with zero attached hydrogens (tertiary/aromatic N) is 3. The van der Waals surface area contributed by atoms with E-state index >= 15 is 0 Å². The number of benzene rings is 1. The molecule has 5 rings (SSSR count). The van der Waals surface area contributed by atoms with E-state index in [1.165, 1.54) is 12.1 Å². The smallest absolute Gasteiger partial charge is 0.225 e. The van der Waals surface area contributed by atoms with E-state index in [1.54, 1.807) is 22.0 Å². The van der Waals surface area contributed by atoms with Crippen molar-refractivity contribution in [2.45, 2.75) is 25.7 Å². The van der Waals surface area contributed by atoms with E-state index in [0.29, 0.717) is 28.3 Å². The summed E-state index contributed by atoms with van der Waals surface area (Å²) < 4.78 is 17.1. The van der Waals surface area contributed by atoms with Crippen LogP contribution in [0.5, 0.6) is 0 Å². The van der Waals surface area contributed by atoms with Crippen LogP contribution in [0.2, 0.25) is 0 Å². The number of thiazole rings is 1. The van der Waals surface area contributed by atoms with Crippen LogP contribution < -0.4 is 10.7 Å². The van der Waals surface area contributed by atoms with Crippen molar-refractivity contribution in [1.82, 2.24) is 24.9 Å². The van der Waals surface area contributed by atoms with Crippen LogP contribution in [0.1, 0.15) is 29.5 Å². The van der Waals surface area contributed by atoms with Gasteiger partial charge in [0, 0.05) is 17.5 Å². The van der Waals surface area contributed by atoms with Crippen LogP contribution in [0.4, 0.5) is 4.39 Å². The first kappa shape index (κ1) is 19.0. The number of rotatable bonds is 2. The summed E-state index contributed by atoms with van der Waals surface area (Å²) in [6.07, 6.45) is 3.80. The molecule has 1 aromatic carbocycles. The Kier molecular flexibility index (Phi) is 4.95. The first-order valence-electron chi connectivity index (χ1n) is 8.98. The van der Waals surface area contributed by atoms with Crippen molar-refractivity contribution in [3.63, 3.8) is 0 Å². The molecular formula is C19H19ClFN5OS. The second-order valence-corrected chi connectivity index (χ2v) is 8.05. The number of halogens is 2. The molecule has 3 aromatic heterocycles. The van der Waals surface area contributed by atoms with Crippen molar-refractivity contribution in [3.05, 3.63) is 51.1 Å². The minimum absolute atomic E-state index is 0. The van der Waals surface area contributed by atoms with E-state index in [4.69, 9.17) is 0 Å². The van der Waals surface area contributed by atoms with Gasteiger partial charge in [0.1, 0.15) is 5.52 Å². The molecule has 28 heavy (non-hydrogen) atoms. The van der Waals surface area contributed by atoms with Gasteiger partial charge >= 0.3 is 0 Å². The minimum atomic E-state index is -0.360. The topological polar surface area (TPSA) is 75.1 Å². The zero-order chi connectivity index (χ0) is 18.5. The third-order valence-corrected chi connectivity index (χ3v) is 6.19. The van der Waals surface area contributed by atoms with Gasteiger partial charge < -0.3 is 5.32 Å². The minimum Gasteiger partial charge on any atom is -0.317 e. The lowest BCUT2D eigenvalue weighted by molar-refractivity contribution is 0.459. The van der Waals surface area contributed by atoms with Gasteiger partial charge in [-0.1, -0.05) is 0 Å². The highest BCUT2D eigenvalue weighted by molar-refractivity contribution is 7.18. The summed E-state index contributed by atoms with van der Waals surface area (Å²) in [6, 6.07) is 4.81. The van der Waals surface area contributed by atoms with Crippen LogP contribution in [-0.2, 0) is 0 Å². The molecule has 1 saturated heterocycles. The van der Waals surface area contributed by atoms with Crippen molar-refractivity contribution in [2.75, 3.05) is 13.1 Å². The summed E-state index contributed by atoms with van der Waals surface area (Å²) in [6.45, 7) is 3.77. The Bertz CT molecular complexity index is 1220. The fourth-order valence-electron chi connectivity index (χ4n) is 3.67. The predicted molar refractivity (Wildman–Crippen MR) is 111 cm³/mol. The molecular weight excluding hydrogens is 401 g/mol. The van der Waals surface area contributed by atoms with Gasteiger partial charge in [0.2, 0.25) is 5.43 Å². The molecule has 0 radical (unpaired) electrons. The highest BCUT2D eigenvalue weighted by Gasteiger charge is 2.21. The van der Waals surface area contributed by atoms with Gasteiger partial charge in [-0.05, 0) is 45.0 Å². The number of imidazole rings is 1. The number of piperidine rings is 1. The molecule has 4 aromatic rings. The van der Waals surface area contributed by atoms with Crippen molar-refractivity contribution >= 4 is 39.6 Å². The van der Waals surface area contributed by atoms with Gasteiger partial charge in [-0.25, -0.2) is 18.9 Å². The predicted octanol–water partition coefficient (Wildman–Crippen LogP) is 3.64. The highest BCUT2D eigenvalue weighted by Crippen LogP contribution is 2.35. The van der Waals surface area contributed by atoms with Crippen LogP contribution in [-0.4, -0.2) is 32.7 Å². The molecule has 146 valence electrons. The Morgan fingerprint density at radius 1 is 1.21 bits per heavy atom. The molecule has 1 aliphatic heterocycles.